The maximum Gasteiger partial charge on any atom is 0.213 e. The van der Waals surface area contributed by atoms with Gasteiger partial charge in [0.1, 0.15) is 10.6 Å². The number of benzene rings is 3. The molecule has 134 valence electrons. The van der Waals surface area contributed by atoms with Gasteiger partial charge in [0.15, 0.2) is 10.6 Å². The molecule has 0 unspecified atom stereocenters. The van der Waals surface area contributed by atoms with Gasteiger partial charge in [-0.15, -0.1) is 0 Å². The monoisotopic (exact) mass is 390 g/mol. The molecule has 2 N–H and O–H groups in total. The van der Waals surface area contributed by atoms with Gasteiger partial charge in [-0.25, -0.2) is 16.8 Å². The summed E-state index contributed by atoms with van der Waals surface area (Å²) in [6, 6.07) is 16.3. The molecule has 3 aromatic rings. The van der Waals surface area contributed by atoms with Crippen molar-refractivity contribution in [1.29, 1.82) is 0 Å². The first kappa shape index (κ1) is 18.0. The van der Waals surface area contributed by atoms with E-state index in [0.29, 0.717) is 0 Å². The number of hydrogen-bond acceptors (Lipinski definition) is 6. The smallest absolute Gasteiger partial charge is 0.213 e. The highest BCUT2D eigenvalue weighted by atomic mass is 32.2. The van der Waals surface area contributed by atoms with Crippen molar-refractivity contribution in [3.8, 4) is 11.5 Å². The van der Waals surface area contributed by atoms with Crippen LogP contribution < -0.4 is 0 Å². The van der Waals surface area contributed by atoms with Crippen molar-refractivity contribution in [3.63, 3.8) is 0 Å². The Morgan fingerprint density at radius 2 is 1.04 bits per heavy atom. The Hall–Kier alpha value is -2.84. The summed E-state index contributed by atoms with van der Waals surface area (Å²) in [4.78, 5) is -1.74. The summed E-state index contributed by atoms with van der Waals surface area (Å²) in [6.07, 6.45) is 0. The second-order valence-corrected chi connectivity index (χ2v) is 9.20. The molecule has 0 radical (unpaired) electrons. The number of phenolic OH excluding ortho intramolecular Hbond substituents is 2. The molecule has 0 saturated carbocycles. The van der Waals surface area contributed by atoms with Gasteiger partial charge in [0, 0.05) is 0 Å². The number of hydrogen-bond donors (Lipinski definition) is 2. The Morgan fingerprint density at radius 1 is 0.577 bits per heavy atom. The molecule has 0 atom stereocenters. The van der Waals surface area contributed by atoms with Crippen LogP contribution in [0, 0.1) is 0 Å². The number of sulfone groups is 2. The first-order valence-electron chi connectivity index (χ1n) is 7.41. The molecule has 0 aromatic heterocycles. The van der Waals surface area contributed by atoms with Gasteiger partial charge >= 0.3 is 0 Å². The van der Waals surface area contributed by atoms with E-state index in [9.17, 15) is 27.0 Å². The summed E-state index contributed by atoms with van der Waals surface area (Å²) in [5.74, 6) is -1.75. The molecule has 6 nitrogen and oxygen atoms in total. The van der Waals surface area contributed by atoms with Crippen LogP contribution in [0.1, 0.15) is 0 Å². The van der Waals surface area contributed by atoms with Crippen molar-refractivity contribution in [3.05, 3.63) is 72.8 Å². The molecule has 0 aliphatic rings. The molecule has 0 aliphatic carbocycles. The van der Waals surface area contributed by atoms with Crippen molar-refractivity contribution < 1.29 is 27.0 Å². The van der Waals surface area contributed by atoms with E-state index < -0.39 is 41.0 Å². The van der Waals surface area contributed by atoms with E-state index in [0.717, 1.165) is 12.1 Å². The minimum Gasteiger partial charge on any atom is -0.506 e. The van der Waals surface area contributed by atoms with Gasteiger partial charge in [0.05, 0.1) is 9.79 Å². The molecule has 0 aliphatic heterocycles. The van der Waals surface area contributed by atoms with Crippen LogP contribution in [-0.2, 0) is 19.7 Å². The number of aromatic hydroxyl groups is 2. The maximum atomic E-state index is 12.8. The average molecular weight is 390 g/mol. The second kappa shape index (κ2) is 6.47. The average Bonchev–Trinajstić information content (AvgIpc) is 2.63. The zero-order valence-corrected chi connectivity index (χ0v) is 14.9. The molecule has 0 heterocycles. The minimum atomic E-state index is -4.33. The summed E-state index contributed by atoms with van der Waals surface area (Å²) in [7, 11) is -8.51. The van der Waals surface area contributed by atoms with Crippen LogP contribution in [-0.4, -0.2) is 27.0 Å². The fourth-order valence-electron chi connectivity index (χ4n) is 2.47. The summed E-state index contributed by atoms with van der Waals surface area (Å²) in [5, 5.41) is 20.5. The molecule has 8 heteroatoms. The fourth-order valence-corrected chi connectivity index (χ4v) is 5.37. The van der Waals surface area contributed by atoms with E-state index in [1.165, 1.54) is 48.5 Å². The summed E-state index contributed by atoms with van der Waals surface area (Å²) in [5.41, 5.74) is 0. The zero-order valence-electron chi connectivity index (χ0n) is 13.3. The molecular formula is C18H14O6S2. The van der Waals surface area contributed by atoms with Gasteiger partial charge in [-0.3, -0.25) is 0 Å². The van der Waals surface area contributed by atoms with Crippen LogP contribution >= 0.6 is 0 Å². The number of rotatable bonds is 4. The molecule has 3 aromatic carbocycles. The van der Waals surface area contributed by atoms with E-state index in [1.807, 2.05) is 0 Å². The summed E-state index contributed by atoms with van der Waals surface area (Å²) in [6.45, 7) is 0. The lowest BCUT2D eigenvalue weighted by Crippen LogP contribution is -2.07. The highest BCUT2D eigenvalue weighted by molar-refractivity contribution is 7.92. The molecule has 0 amide bonds. The van der Waals surface area contributed by atoms with Crippen molar-refractivity contribution in [2.45, 2.75) is 19.6 Å². The SMILES string of the molecule is O=S(=O)(c1ccccc1)c1ccc(O)c(S(=O)(=O)c2ccccc2)c1O. The zero-order chi connectivity index (χ0) is 18.9. The van der Waals surface area contributed by atoms with Gasteiger partial charge < -0.3 is 10.2 Å². The minimum absolute atomic E-state index is 0.107. The lowest BCUT2D eigenvalue weighted by molar-refractivity contribution is 0.412. The summed E-state index contributed by atoms with van der Waals surface area (Å²) >= 11 is 0. The van der Waals surface area contributed by atoms with Crippen LogP contribution in [0.25, 0.3) is 0 Å². The van der Waals surface area contributed by atoms with Crippen molar-refractivity contribution >= 4 is 19.7 Å². The van der Waals surface area contributed by atoms with Crippen LogP contribution in [0.2, 0.25) is 0 Å². The Balaban J connectivity index is 2.27. The molecule has 3 rings (SSSR count). The molecule has 0 fully saturated rings. The van der Waals surface area contributed by atoms with Crippen LogP contribution in [0.3, 0.4) is 0 Å². The highest BCUT2D eigenvalue weighted by Crippen LogP contribution is 2.41. The van der Waals surface area contributed by atoms with E-state index in [1.54, 1.807) is 12.1 Å². The van der Waals surface area contributed by atoms with Gasteiger partial charge in [-0.05, 0) is 36.4 Å². The first-order valence-corrected chi connectivity index (χ1v) is 10.4. The first-order chi connectivity index (χ1) is 12.3. The lowest BCUT2D eigenvalue weighted by atomic mass is 10.3. The molecular weight excluding hydrogens is 376 g/mol. The fraction of sp³-hybridized carbons (Fsp3) is 0. The predicted molar refractivity (Wildman–Crippen MR) is 93.6 cm³/mol. The summed E-state index contributed by atoms with van der Waals surface area (Å²) < 4.78 is 51.0. The number of phenols is 2. The van der Waals surface area contributed by atoms with Gasteiger partial charge in [-0.1, -0.05) is 36.4 Å². The lowest BCUT2D eigenvalue weighted by Gasteiger charge is -2.13. The second-order valence-electron chi connectivity index (χ2n) is 5.39. The molecule has 0 saturated heterocycles. The van der Waals surface area contributed by atoms with Crippen LogP contribution in [0.4, 0.5) is 0 Å². The van der Waals surface area contributed by atoms with Gasteiger partial charge in [0.2, 0.25) is 19.7 Å². The van der Waals surface area contributed by atoms with Crippen LogP contribution in [0.15, 0.2) is 92.4 Å². The van der Waals surface area contributed by atoms with Crippen molar-refractivity contribution in [2.24, 2.45) is 0 Å². The predicted octanol–water partition coefficient (Wildman–Crippen LogP) is 2.76. The quantitative estimate of drug-likeness (QED) is 0.709. The van der Waals surface area contributed by atoms with Crippen molar-refractivity contribution in [2.75, 3.05) is 0 Å². The van der Waals surface area contributed by atoms with Crippen LogP contribution in [0.5, 0.6) is 11.5 Å². The third-order valence-electron chi connectivity index (χ3n) is 3.74. The Kier molecular flexibility index (Phi) is 4.47. The highest BCUT2D eigenvalue weighted by Gasteiger charge is 2.31. The van der Waals surface area contributed by atoms with E-state index in [-0.39, 0.29) is 9.79 Å². The molecule has 26 heavy (non-hydrogen) atoms. The standard InChI is InChI=1S/C18H14O6S2/c19-15-11-12-16(25(21,22)13-7-3-1-4-8-13)17(20)18(15)26(23,24)14-9-5-2-6-10-14/h1-12,19-20H. The van der Waals surface area contributed by atoms with Crippen molar-refractivity contribution in [1.82, 2.24) is 0 Å². The maximum absolute atomic E-state index is 12.8. The van der Waals surface area contributed by atoms with E-state index in [2.05, 4.69) is 0 Å². The molecule has 0 spiro atoms. The topological polar surface area (TPSA) is 109 Å². The Labute approximate surface area is 150 Å². The van der Waals surface area contributed by atoms with Gasteiger partial charge in [-0.2, -0.15) is 0 Å². The third kappa shape index (κ3) is 2.93. The van der Waals surface area contributed by atoms with E-state index in [4.69, 9.17) is 0 Å². The largest absolute Gasteiger partial charge is 0.506 e. The Bertz CT molecular complexity index is 1150. The van der Waals surface area contributed by atoms with Gasteiger partial charge in [0.25, 0.3) is 0 Å². The van der Waals surface area contributed by atoms with E-state index >= 15 is 0 Å². The molecule has 0 bridgehead atoms. The Morgan fingerprint density at radius 3 is 1.54 bits per heavy atom. The third-order valence-corrected chi connectivity index (χ3v) is 7.37. The normalized spacial score (nSPS) is 12.0.